The van der Waals surface area contributed by atoms with Crippen molar-refractivity contribution >= 4 is 22.5 Å². The summed E-state index contributed by atoms with van der Waals surface area (Å²) in [6.07, 6.45) is 10.1. The average molecular weight is 333 g/mol. The van der Waals surface area contributed by atoms with E-state index in [0.29, 0.717) is 0 Å². The number of hydrogen-bond donors (Lipinski definition) is 1. The largest absolute Gasteiger partial charge is 0.339 e. The number of aryl methyl sites for hydroxylation is 3. The lowest BCUT2D eigenvalue weighted by molar-refractivity contribution is 0.768. The second-order valence-corrected chi connectivity index (χ2v) is 6.02. The quantitative estimate of drug-likeness (QED) is 0.621. The number of rotatable bonds is 4. The van der Waals surface area contributed by atoms with Gasteiger partial charge in [-0.1, -0.05) is 6.92 Å². The third-order valence-electron chi connectivity index (χ3n) is 4.25. The fourth-order valence-corrected chi connectivity index (χ4v) is 2.85. The van der Waals surface area contributed by atoms with E-state index < -0.39 is 0 Å². The fourth-order valence-electron chi connectivity index (χ4n) is 2.85. The summed E-state index contributed by atoms with van der Waals surface area (Å²) >= 11 is 0. The predicted molar refractivity (Wildman–Crippen MR) is 97.6 cm³/mol. The normalized spacial score (nSPS) is 11.2. The van der Waals surface area contributed by atoms with Crippen LogP contribution in [0, 0.1) is 0 Å². The lowest BCUT2D eigenvalue weighted by Crippen LogP contribution is -1.99. The van der Waals surface area contributed by atoms with Crippen LogP contribution in [0.15, 0.2) is 43.2 Å². The number of pyridine rings is 2. The summed E-state index contributed by atoms with van der Waals surface area (Å²) in [4.78, 5) is 13.3. The molecule has 0 aliphatic rings. The van der Waals surface area contributed by atoms with E-state index in [-0.39, 0.29) is 0 Å². The van der Waals surface area contributed by atoms with Crippen molar-refractivity contribution < 1.29 is 0 Å². The van der Waals surface area contributed by atoms with Crippen molar-refractivity contribution in [1.82, 2.24) is 29.3 Å². The Labute approximate surface area is 145 Å². The smallest absolute Gasteiger partial charge is 0.132 e. The Kier molecular flexibility index (Phi) is 3.68. The minimum Gasteiger partial charge on any atom is -0.339 e. The van der Waals surface area contributed by atoms with E-state index in [2.05, 4.69) is 38.4 Å². The van der Waals surface area contributed by atoms with Gasteiger partial charge in [0.05, 0.1) is 41.8 Å². The van der Waals surface area contributed by atoms with Crippen molar-refractivity contribution in [3.8, 4) is 11.3 Å². The molecule has 0 fully saturated rings. The van der Waals surface area contributed by atoms with Crippen molar-refractivity contribution in [2.24, 2.45) is 14.1 Å². The van der Waals surface area contributed by atoms with Gasteiger partial charge in [-0.05, 0) is 18.1 Å². The van der Waals surface area contributed by atoms with Gasteiger partial charge in [0.2, 0.25) is 0 Å². The molecule has 7 nitrogen and oxygen atoms in total. The van der Waals surface area contributed by atoms with Gasteiger partial charge in [0.1, 0.15) is 11.3 Å². The van der Waals surface area contributed by atoms with Crippen LogP contribution in [-0.2, 0) is 20.5 Å². The van der Waals surface area contributed by atoms with Crippen LogP contribution in [0.25, 0.3) is 22.3 Å². The molecule has 25 heavy (non-hydrogen) atoms. The predicted octanol–water partition coefficient (Wildman–Crippen LogP) is 3.07. The lowest BCUT2D eigenvalue weighted by Gasteiger charge is -2.11. The van der Waals surface area contributed by atoms with E-state index in [9.17, 15) is 0 Å². The summed E-state index contributed by atoms with van der Waals surface area (Å²) in [7, 11) is 3.88. The fraction of sp³-hybridized carbons (Fsp3) is 0.222. The molecule has 4 aromatic heterocycles. The first-order chi connectivity index (χ1) is 12.1. The molecular weight excluding hydrogens is 314 g/mol. The molecule has 4 rings (SSSR count). The van der Waals surface area contributed by atoms with Gasteiger partial charge >= 0.3 is 0 Å². The summed E-state index contributed by atoms with van der Waals surface area (Å²) < 4.78 is 3.76. The van der Waals surface area contributed by atoms with Crippen LogP contribution in [0.3, 0.4) is 0 Å². The molecule has 0 bridgehead atoms. The van der Waals surface area contributed by atoms with Crippen molar-refractivity contribution in [3.05, 3.63) is 48.8 Å². The zero-order valence-electron chi connectivity index (χ0n) is 14.4. The summed E-state index contributed by atoms with van der Waals surface area (Å²) in [5, 5.41) is 7.59. The van der Waals surface area contributed by atoms with Gasteiger partial charge < -0.3 is 9.88 Å². The molecule has 7 heteroatoms. The van der Waals surface area contributed by atoms with Crippen LogP contribution >= 0.6 is 0 Å². The van der Waals surface area contributed by atoms with E-state index in [4.69, 9.17) is 0 Å². The molecule has 0 amide bonds. The molecule has 1 N–H and O–H groups in total. The number of aromatic nitrogens is 6. The highest BCUT2D eigenvalue weighted by atomic mass is 15.2. The van der Waals surface area contributed by atoms with Crippen LogP contribution in [0.4, 0.5) is 11.5 Å². The Morgan fingerprint density at radius 2 is 1.92 bits per heavy atom. The van der Waals surface area contributed by atoms with Crippen molar-refractivity contribution in [1.29, 1.82) is 0 Å². The second-order valence-electron chi connectivity index (χ2n) is 6.02. The molecule has 126 valence electrons. The number of nitrogens with one attached hydrogen (secondary N) is 1. The third-order valence-corrected chi connectivity index (χ3v) is 4.25. The van der Waals surface area contributed by atoms with E-state index in [1.54, 1.807) is 17.2 Å². The molecule has 4 aromatic rings. The van der Waals surface area contributed by atoms with Gasteiger partial charge in [0.25, 0.3) is 0 Å². The maximum atomic E-state index is 4.58. The minimum atomic E-state index is 0.779. The second kappa shape index (κ2) is 6.01. The van der Waals surface area contributed by atoms with Crippen LogP contribution in [0.1, 0.15) is 12.5 Å². The first kappa shape index (κ1) is 15.3. The molecule has 0 saturated carbocycles. The molecule has 0 atom stereocenters. The van der Waals surface area contributed by atoms with Gasteiger partial charge in [-0.3, -0.25) is 9.67 Å². The van der Waals surface area contributed by atoms with Gasteiger partial charge in [-0.2, -0.15) is 5.10 Å². The van der Waals surface area contributed by atoms with Crippen molar-refractivity contribution in [2.75, 3.05) is 5.32 Å². The number of hydrogen-bond acceptors (Lipinski definition) is 5. The Bertz CT molecular complexity index is 1040. The van der Waals surface area contributed by atoms with Crippen molar-refractivity contribution in [3.63, 3.8) is 0 Å². The van der Waals surface area contributed by atoms with Crippen LogP contribution in [0.5, 0.6) is 0 Å². The molecule has 4 heterocycles. The Balaban J connectivity index is 1.68. The molecular formula is C18H19N7. The zero-order valence-corrected chi connectivity index (χ0v) is 14.4. The van der Waals surface area contributed by atoms with Gasteiger partial charge in [0, 0.05) is 31.9 Å². The molecule has 0 aliphatic heterocycles. The topological polar surface area (TPSA) is 73.5 Å². The number of anilines is 2. The Morgan fingerprint density at radius 1 is 1.04 bits per heavy atom. The van der Waals surface area contributed by atoms with Gasteiger partial charge in [-0.15, -0.1) is 0 Å². The maximum Gasteiger partial charge on any atom is 0.132 e. The van der Waals surface area contributed by atoms with E-state index in [0.717, 1.165) is 40.2 Å². The molecule has 0 spiro atoms. The maximum absolute atomic E-state index is 4.58. The first-order valence-corrected chi connectivity index (χ1v) is 8.16. The highest BCUT2D eigenvalue weighted by molar-refractivity contribution is 5.78. The third kappa shape index (κ3) is 2.84. The molecule has 0 aliphatic carbocycles. The Morgan fingerprint density at radius 3 is 2.68 bits per heavy atom. The SMILES string of the molecule is CCc1cc(-c2cnn(C)c2)ncc1Nc1cc2c(cn1)ncn2C. The Hall–Kier alpha value is -3.22. The summed E-state index contributed by atoms with van der Waals surface area (Å²) in [5.41, 5.74) is 6.00. The lowest BCUT2D eigenvalue weighted by atomic mass is 10.1. The first-order valence-electron chi connectivity index (χ1n) is 8.16. The molecule has 0 unspecified atom stereocenters. The number of fused-ring (bicyclic) bond motifs is 1. The average Bonchev–Trinajstić information content (AvgIpc) is 3.22. The summed E-state index contributed by atoms with van der Waals surface area (Å²) in [6.45, 7) is 2.13. The zero-order chi connectivity index (χ0) is 17.4. The summed E-state index contributed by atoms with van der Waals surface area (Å²) in [5.74, 6) is 0.779. The molecule has 0 aromatic carbocycles. The highest BCUT2D eigenvalue weighted by Crippen LogP contribution is 2.26. The van der Waals surface area contributed by atoms with E-state index in [1.807, 2.05) is 43.3 Å². The van der Waals surface area contributed by atoms with E-state index in [1.165, 1.54) is 5.56 Å². The van der Waals surface area contributed by atoms with Gasteiger partial charge in [0.15, 0.2) is 0 Å². The van der Waals surface area contributed by atoms with Crippen molar-refractivity contribution in [2.45, 2.75) is 13.3 Å². The van der Waals surface area contributed by atoms with E-state index >= 15 is 0 Å². The van der Waals surface area contributed by atoms with Crippen LogP contribution in [0.2, 0.25) is 0 Å². The number of imidazole rings is 1. The van der Waals surface area contributed by atoms with Crippen LogP contribution < -0.4 is 5.32 Å². The monoisotopic (exact) mass is 333 g/mol. The molecule has 0 saturated heterocycles. The highest BCUT2D eigenvalue weighted by Gasteiger charge is 2.09. The standard InChI is InChI=1S/C18H19N7/c1-4-12-5-14(13-7-22-25(3)10-13)19-8-15(12)23-18-6-17-16(9-20-18)21-11-24(17)2/h5-11H,4H2,1-3H3,(H,20,23). The van der Waals surface area contributed by atoms with Crippen LogP contribution in [-0.4, -0.2) is 29.3 Å². The number of nitrogens with zero attached hydrogens (tertiary/aromatic N) is 6. The summed E-state index contributed by atoms with van der Waals surface area (Å²) in [6, 6.07) is 4.10. The molecule has 0 radical (unpaired) electrons. The van der Waals surface area contributed by atoms with Gasteiger partial charge in [-0.25, -0.2) is 9.97 Å². The minimum absolute atomic E-state index is 0.779.